The Balaban J connectivity index is 2.53. The van der Waals surface area contributed by atoms with E-state index in [2.05, 4.69) is 21.9 Å². The van der Waals surface area contributed by atoms with Gasteiger partial charge >= 0.3 is 6.09 Å². The molecule has 1 unspecified atom stereocenters. The van der Waals surface area contributed by atoms with Crippen LogP contribution in [0.1, 0.15) is 52.3 Å². The van der Waals surface area contributed by atoms with Gasteiger partial charge in [-0.25, -0.2) is 19.2 Å². The summed E-state index contributed by atoms with van der Waals surface area (Å²) in [6.07, 6.45) is 4.44. The largest absolute Gasteiger partial charge is 0.454 e. The molecule has 10 heteroatoms. The van der Waals surface area contributed by atoms with E-state index in [0.29, 0.717) is 29.2 Å². The first-order valence-electron chi connectivity index (χ1n) is 13.4. The molecule has 2 rings (SSSR count). The number of nitrogens with two attached hydrogens (primary N) is 1. The van der Waals surface area contributed by atoms with Gasteiger partial charge in [-0.2, -0.15) is 0 Å². The highest BCUT2D eigenvalue weighted by Crippen LogP contribution is 2.21. The van der Waals surface area contributed by atoms with Gasteiger partial charge in [0.25, 0.3) is 0 Å². The number of nitrogens with zero attached hydrogens (tertiary/aromatic N) is 4. The molecule has 0 spiro atoms. The zero-order chi connectivity index (χ0) is 30.7. The number of allylic oxidation sites excluding steroid dienone is 2. The van der Waals surface area contributed by atoms with Crippen molar-refractivity contribution in [1.82, 2.24) is 20.1 Å². The summed E-state index contributed by atoms with van der Waals surface area (Å²) in [6, 6.07) is 9.99. The minimum absolute atomic E-state index is 0.177. The van der Waals surface area contributed by atoms with E-state index in [9.17, 15) is 9.18 Å². The Morgan fingerprint density at radius 2 is 1.98 bits per heavy atom. The van der Waals surface area contributed by atoms with Crippen molar-refractivity contribution >= 4 is 23.8 Å². The minimum Gasteiger partial charge on any atom is -0.454 e. The monoisotopic (exact) mass is 566 g/mol. The van der Waals surface area contributed by atoms with Crippen LogP contribution in [0.5, 0.6) is 5.88 Å². The maximum absolute atomic E-state index is 14.7. The maximum Gasteiger partial charge on any atom is 0.416 e. The van der Waals surface area contributed by atoms with Crippen molar-refractivity contribution in [2.24, 2.45) is 4.99 Å². The van der Waals surface area contributed by atoms with E-state index >= 15 is 0 Å². The lowest BCUT2D eigenvalue weighted by Gasteiger charge is -2.28. The average molecular weight is 567 g/mol. The highest BCUT2D eigenvalue weighted by Gasteiger charge is 2.25. The lowest BCUT2D eigenvalue weighted by molar-refractivity contribution is 0.0325. The first kappa shape index (κ1) is 32.9. The number of rotatable bonds is 12. The second kappa shape index (κ2) is 14.9. The Morgan fingerprint density at radius 1 is 1.27 bits per heavy atom. The fraction of sp³-hybridized carbons (Fsp3) is 0.387. The fourth-order valence-electron chi connectivity index (χ4n) is 3.40. The molecule has 1 aromatic carbocycles. The molecular formula is C31H43FN6O3. The summed E-state index contributed by atoms with van der Waals surface area (Å²) in [5.74, 6) is 0.253. The van der Waals surface area contributed by atoms with E-state index in [1.54, 1.807) is 76.5 Å². The number of carbonyl (C=O) groups excluding carboxylic acids is 1. The highest BCUT2D eigenvalue weighted by molar-refractivity contribution is 5.73. The molecule has 222 valence electrons. The summed E-state index contributed by atoms with van der Waals surface area (Å²) in [4.78, 5) is 25.5. The number of amides is 1. The molecular weight excluding hydrogens is 523 g/mol. The van der Waals surface area contributed by atoms with Gasteiger partial charge in [0, 0.05) is 42.8 Å². The van der Waals surface area contributed by atoms with E-state index in [0.717, 1.165) is 11.3 Å². The molecule has 0 saturated carbocycles. The van der Waals surface area contributed by atoms with Crippen LogP contribution >= 0.6 is 0 Å². The Kier molecular flexibility index (Phi) is 11.9. The van der Waals surface area contributed by atoms with Crippen LogP contribution in [0.15, 0.2) is 71.5 Å². The predicted molar refractivity (Wildman–Crippen MR) is 164 cm³/mol. The maximum atomic E-state index is 14.7. The first-order valence-corrected chi connectivity index (χ1v) is 13.4. The van der Waals surface area contributed by atoms with Crippen LogP contribution in [-0.2, 0) is 4.74 Å². The molecule has 0 saturated heterocycles. The number of hydrogen-bond acceptors (Lipinski definition) is 7. The summed E-state index contributed by atoms with van der Waals surface area (Å²) < 4.78 is 26.4. The van der Waals surface area contributed by atoms with E-state index in [1.807, 2.05) is 32.9 Å². The van der Waals surface area contributed by atoms with Crippen LogP contribution in [0.3, 0.4) is 0 Å². The quantitative estimate of drug-likeness (QED) is 0.0799. The third-order valence-electron chi connectivity index (χ3n) is 5.82. The summed E-state index contributed by atoms with van der Waals surface area (Å²) in [5.41, 5.74) is 7.72. The lowest BCUT2D eigenvalue weighted by atomic mass is 10.1. The van der Waals surface area contributed by atoms with Gasteiger partial charge in [0.2, 0.25) is 5.88 Å². The third kappa shape index (κ3) is 10.6. The zero-order valence-electron chi connectivity index (χ0n) is 25.4. The molecule has 0 aliphatic carbocycles. The molecule has 1 atom stereocenters. The van der Waals surface area contributed by atoms with Crippen molar-refractivity contribution in [3.05, 3.63) is 83.6 Å². The number of aliphatic imine (C=N–C) groups is 1. The van der Waals surface area contributed by atoms with E-state index in [-0.39, 0.29) is 12.4 Å². The number of nitrogen functional groups attached to an aromatic ring is 1. The van der Waals surface area contributed by atoms with Gasteiger partial charge in [0.15, 0.2) is 6.23 Å². The molecule has 1 heterocycles. The Morgan fingerprint density at radius 3 is 2.56 bits per heavy atom. The van der Waals surface area contributed by atoms with Crippen LogP contribution < -0.4 is 15.8 Å². The van der Waals surface area contributed by atoms with Crippen molar-refractivity contribution in [3.63, 3.8) is 0 Å². The van der Waals surface area contributed by atoms with Crippen LogP contribution in [-0.4, -0.2) is 59.7 Å². The van der Waals surface area contributed by atoms with Gasteiger partial charge < -0.3 is 25.4 Å². The summed E-state index contributed by atoms with van der Waals surface area (Å²) in [6.45, 7) is 15.3. The van der Waals surface area contributed by atoms with Gasteiger partial charge in [-0.1, -0.05) is 25.1 Å². The summed E-state index contributed by atoms with van der Waals surface area (Å²) in [5, 5.41) is 3.00. The topological polar surface area (TPSA) is 105 Å². The van der Waals surface area contributed by atoms with E-state index in [4.69, 9.17) is 15.2 Å². The highest BCUT2D eigenvalue weighted by atomic mass is 19.1. The van der Waals surface area contributed by atoms with Crippen molar-refractivity contribution in [3.8, 4) is 5.88 Å². The number of pyridine rings is 1. The number of ether oxygens (including phenoxy) is 2. The standard InChI is InChI=1S/C31H43FN6O3/c1-10-21(2)19-38(30(39)41-31(5,6)7)28(17-16-27(34-8)25-15-14-24(33)18-26(25)32)35-20-37(9)23(4)40-29-13-11-12-22(3)36-29/h11-18,20,23,34H,2,10,19,33H2,1,3-9H3/b27-16-,28-17-,35-20?. The normalized spacial score (nSPS) is 13.1. The smallest absolute Gasteiger partial charge is 0.416 e. The first-order chi connectivity index (χ1) is 19.2. The van der Waals surface area contributed by atoms with E-state index < -0.39 is 23.7 Å². The molecule has 9 nitrogen and oxygen atoms in total. The number of aromatic nitrogens is 1. The molecule has 1 aromatic heterocycles. The van der Waals surface area contributed by atoms with Gasteiger partial charge in [-0.3, -0.25) is 4.90 Å². The molecule has 41 heavy (non-hydrogen) atoms. The van der Waals surface area contributed by atoms with Crippen LogP contribution in [0.25, 0.3) is 5.70 Å². The third-order valence-corrected chi connectivity index (χ3v) is 5.82. The van der Waals surface area contributed by atoms with Gasteiger partial charge in [0.1, 0.15) is 17.2 Å². The number of aryl methyl sites for hydroxylation is 1. The number of benzene rings is 1. The minimum atomic E-state index is -0.739. The number of halogens is 1. The van der Waals surface area contributed by atoms with Crippen molar-refractivity contribution < 1.29 is 18.7 Å². The van der Waals surface area contributed by atoms with Gasteiger partial charge in [-0.05, 0) is 77.5 Å². The molecule has 0 bridgehead atoms. The van der Waals surface area contributed by atoms with Crippen LogP contribution in [0.4, 0.5) is 14.9 Å². The SMILES string of the molecule is C=C(CC)CN(C(=O)OC(C)(C)C)/C(=C\C=C(/NC)c1ccc(N)cc1F)N=CN(C)C(C)Oc1cccc(C)n1. The number of nitrogens with one attached hydrogen (secondary N) is 1. The number of hydrogen-bond donors (Lipinski definition) is 2. The van der Waals surface area contributed by atoms with Crippen molar-refractivity contribution in [2.45, 2.75) is 59.8 Å². The number of carbonyl (C=O) groups is 1. The lowest BCUT2D eigenvalue weighted by Crippen LogP contribution is -2.38. The average Bonchev–Trinajstić information content (AvgIpc) is 2.88. The van der Waals surface area contributed by atoms with Gasteiger partial charge in [0.05, 0.1) is 12.9 Å². The van der Waals surface area contributed by atoms with Crippen LogP contribution in [0.2, 0.25) is 0 Å². The second-order valence-electron chi connectivity index (χ2n) is 10.5. The molecule has 2 aromatic rings. The Hall–Kier alpha value is -4.34. The summed E-state index contributed by atoms with van der Waals surface area (Å²) in [7, 11) is 3.47. The second-order valence-corrected chi connectivity index (χ2v) is 10.5. The van der Waals surface area contributed by atoms with Crippen molar-refractivity contribution in [1.29, 1.82) is 0 Å². The predicted octanol–water partition coefficient (Wildman–Crippen LogP) is 6.10. The molecule has 0 aliphatic heterocycles. The fourth-order valence-corrected chi connectivity index (χ4v) is 3.40. The molecule has 1 amide bonds. The molecule has 0 fully saturated rings. The van der Waals surface area contributed by atoms with Gasteiger partial charge in [-0.15, -0.1) is 0 Å². The molecule has 0 radical (unpaired) electrons. The van der Waals surface area contributed by atoms with Crippen LogP contribution in [0, 0.1) is 12.7 Å². The Bertz CT molecular complexity index is 1300. The zero-order valence-corrected chi connectivity index (χ0v) is 25.4. The van der Waals surface area contributed by atoms with E-state index in [1.165, 1.54) is 11.0 Å². The number of anilines is 1. The van der Waals surface area contributed by atoms with Crippen molar-refractivity contribution in [2.75, 3.05) is 26.4 Å². The molecule has 3 N–H and O–H groups in total. The molecule has 0 aliphatic rings. The Labute approximate surface area is 243 Å². The summed E-state index contributed by atoms with van der Waals surface area (Å²) >= 11 is 0.